The molecule has 0 spiro atoms. The number of alkyl halides is 2. The van der Waals surface area contributed by atoms with Crippen LogP contribution in [-0.2, 0) is 0 Å². The summed E-state index contributed by atoms with van der Waals surface area (Å²) in [6, 6.07) is 0. The van der Waals surface area contributed by atoms with Gasteiger partial charge in [-0.05, 0) is 23.5 Å². The van der Waals surface area contributed by atoms with Crippen LogP contribution < -0.4 is 0 Å². The van der Waals surface area contributed by atoms with Crippen LogP contribution in [-0.4, -0.2) is 9.65 Å². The molecule has 0 aliphatic heterocycles. The molecule has 0 saturated heterocycles. The Balaban J connectivity index is 2.38. The second-order valence-electron chi connectivity index (χ2n) is 3.38. The van der Waals surface area contributed by atoms with E-state index in [-0.39, 0.29) is 0 Å². The summed E-state index contributed by atoms with van der Waals surface area (Å²) < 4.78 is 0. The van der Waals surface area contributed by atoms with E-state index in [1.165, 1.54) is 17.6 Å². The predicted molar refractivity (Wildman–Crippen MR) is 55.3 cm³/mol. The van der Waals surface area contributed by atoms with E-state index in [1.807, 2.05) is 0 Å². The molecule has 2 rings (SSSR count). The van der Waals surface area contributed by atoms with Crippen molar-refractivity contribution >= 4 is 31.9 Å². The average molecular weight is 278 g/mol. The minimum atomic E-state index is 0.590. The van der Waals surface area contributed by atoms with Crippen molar-refractivity contribution in [3.8, 4) is 0 Å². The highest BCUT2D eigenvalue weighted by Gasteiger charge is 2.50. The zero-order chi connectivity index (χ0) is 8.17. The topological polar surface area (TPSA) is 0 Å². The molecule has 2 aliphatic rings. The molecular formula is C9H10Br2. The molecule has 60 valence electrons. The van der Waals surface area contributed by atoms with Gasteiger partial charge >= 0.3 is 0 Å². The first-order valence-corrected chi connectivity index (χ1v) is 5.62. The molecule has 0 aromatic carbocycles. The van der Waals surface area contributed by atoms with Crippen LogP contribution in [0.5, 0.6) is 0 Å². The van der Waals surface area contributed by atoms with E-state index >= 15 is 0 Å². The summed E-state index contributed by atoms with van der Waals surface area (Å²) in [5, 5.41) is 0. The third-order valence-electron chi connectivity index (χ3n) is 2.86. The Labute approximate surface area is 84.0 Å². The Morgan fingerprint density at radius 1 is 1.18 bits per heavy atom. The number of halogens is 2. The van der Waals surface area contributed by atoms with Gasteiger partial charge in [0.1, 0.15) is 0 Å². The first-order valence-electron chi connectivity index (χ1n) is 3.79. The molecule has 2 aliphatic carbocycles. The van der Waals surface area contributed by atoms with Gasteiger partial charge in [-0.3, -0.25) is 0 Å². The molecule has 0 N–H and O–H groups in total. The lowest BCUT2D eigenvalue weighted by Gasteiger charge is -2.19. The Morgan fingerprint density at radius 3 is 2.18 bits per heavy atom. The van der Waals surface area contributed by atoms with Gasteiger partial charge in [0, 0.05) is 15.6 Å². The van der Waals surface area contributed by atoms with E-state index in [0.717, 1.165) is 0 Å². The molecule has 0 radical (unpaired) electrons. The fourth-order valence-electron chi connectivity index (χ4n) is 2.17. The van der Waals surface area contributed by atoms with Gasteiger partial charge in [-0.1, -0.05) is 45.0 Å². The van der Waals surface area contributed by atoms with E-state index in [0.29, 0.717) is 21.5 Å². The Hall–Kier alpha value is 0.440. The predicted octanol–water partition coefficient (Wildman–Crippen LogP) is 3.28. The SMILES string of the molecule is C=C1C(=C)[C@@H]2C[C@@H](Br)[C@H]1[C@H]2Br. The Morgan fingerprint density at radius 2 is 1.82 bits per heavy atom. The quantitative estimate of drug-likeness (QED) is 0.596. The van der Waals surface area contributed by atoms with Gasteiger partial charge in [-0.25, -0.2) is 0 Å². The van der Waals surface area contributed by atoms with Gasteiger partial charge in [-0.15, -0.1) is 0 Å². The van der Waals surface area contributed by atoms with Gasteiger partial charge in [0.05, 0.1) is 0 Å². The molecule has 0 unspecified atom stereocenters. The second-order valence-corrected chi connectivity index (χ2v) is 5.61. The lowest BCUT2D eigenvalue weighted by atomic mass is 9.92. The Bertz CT molecular complexity index is 232. The first-order chi connectivity index (χ1) is 5.13. The highest BCUT2D eigenvalue weighted by atomic mass is 79.9. The lowest BCUT2D eigenvalue weighted by molar-refractivity contribution is 0.682. The van der Waals surface area contributed by atoms with Gasteiger partial charge in [0.15, 0.2) is 0 Å². The summed E-state index contributed by atoms with van der Waals surface area (Å²) in [7, 11) is 0. The van der Waals surface area contributed by atoms with Crippen molar-refractivity contribution in [2.45, 2.75) is 16.1 Å². The van der Waals surface area contributed by atoms with Gasteiger partial charge in [0.25, 0.3) is 0 Å². The number of fused-ring (bicyclic) bond motifs is 2. The summed E-state index contributed by atoms with van der Waals surface area (Å²) in [5.74, 6) is 1.23. The normalized spacial score (nSPS) is 48.9. The first kappa shape index (κ1) is 8.06. The number of allylic oxidation sites excluding steroid dienone is 2. The zero-order valence-corrected chi connectivity index (χ0v) is 9.36. The molecule has 2 fully saturated rings. The molecule has 2 heteroatoms. The van der Waals surface area contributed by atoms with Crippen LogP contribution in [0.3, 0.4) is 0 Å². The Kier molecular flexibility index (Phi) is 1.80. The minimum absolute atomic E-state index is 0.590. The van der Waals surface area contributed by atoms with Crippen molar-refractivity contribution in [1.29, 1.82) is 0 Å². The van der Waals surface area contributed by atoms with Crippen molar-refractivity contribution in [2.75, 3.05) is 0 Å². The second kappa shape index (κ2) is 2.46. The molecular weight excluding hydrogens is 268 g/mol. The highest BCUT2D eigenvalue weighted by molar-refractivity contribution is 9.10. The monoisotopic (exact) mass is 276 g/mol. The molecule has 0 aromatic heterocycles. The van der Waals surface area contributed by atoms with Crippen LogP contribution >= 0.6 is 31.9 Å². The van der Waals surface area contributed by atoms with Crippen molar-refractivity contribution in [2.24, 2.45) is 11.8 Å². The van der Waals surface area contributed by atoms with E-state index in [1.54, 1.807) is 0 Å². The minimum Gasteiger partial charge on any atom is -0.0952 e. The van der Waals surface area contributed by atoms with Crippen molar-refractivity contribution in [1.82, 2.24) is 0 Å². The molecule has 0 aromatic rings. The smallest absolute Gasteiger partial charge is 0.0294 e. The molecule has 0 nitrogen and oxygen atoms in total. The van der Waals surface area contributed by atoms with Crippen LogP contribution in [0.2, 0.25) is 0 Å². The maximum Gasteiger partial charge on any atom is 0.0294 e. The van der Waals surface area contributed by atoms with Crippen LogP contribution in [0, 0.1) is 11.8 Å². The summed E-state index contributed by atoms with van der Waals surface area (Å²) in [6.07, 6.45) is 1.22. The van der Waals surface area contributed by atoms with E-state index in [2.05, 4.69) is 45.0 Å². The van der Waals surface area contributed by atoms with E-state index < -0.39 is 0 Å². The maximum absolute atomic E-state index is 4.06. The average Bonchev–Trinajstić information content (AvgIpc) is 2.31. The molecule has 2 saturated carbocycles. The summed E-state index contributed by atoms with van der Waals surface area (Å²) >= 11 is 7.37. The molecule has 0 amide bonds. The number of rotatable bonds is 0. The zero-order valence-electron chi connectivity index (χ0n) is 6.19. The summed E-state index contributed by atoms with van der Waals surface area (Å²) in [5.41, 5.74) is 2.53. The van der Waals surface area contributed by atoms with Crippen molar-refractivity contribution in [3.63, 3.8) is 0 Å². The fraction of sp³-hybridized carbons (Fsp3) is 0.556. The molecule has 11 heavy (non-hydrogen) atoms. The van der Waals surface area contributed by atoms with Gasteiger partial charge in [-0.2, -0.15) is 0 Å². The molecule has 0 heterocycles. The lowest BCUT2D eigenvalue weighted by Crippen LogP contribution is -2.13. The molecule has 4 atom stereocenters. The van der Waals surface area contributed by atoms with Crippen LogP contribution in [0.4, 0.5) is 0 Å². The summed E-state index contributed by atoms with van der Waals surface area (Å²) in [4.78, 5) is 1.21. The molecule has 2 bridgehead atoms. The largest absolute Gasteiger partial charge is 0.0952 e. The van der Waals surface area contributed by atoms with E-state index in [9.17, 15) is 0 Å². The highest BCUT2D eigenvalue weighted by Crippen LogP contribution is 2.55. The number of hydrogen-bond acceptors (Lipinski definition) is 0. The number of hydrogen-bond donors (Lipinski definition) is 0. The maximum atomic E-state index is 4.06. The van der Waals surface area contributed by atoms with Crippen LogP contribution in [0.15, 0.2) is 24.3 Å². The fourth-order valence-corrected chi connectivity index (χ4v) is 4.85. The van der Waals surface area contributed by atoms with Crippen LogP contribution in [0.25, 0.3) is 0 Å². The van der Waals surface area contributed by atoms with Crippen molar-refractivity contribution in [3.05, 3.63) is 24.3 Å². The summed E-state index contributed by atoms with van der Waals surface area (Å²) in [6.45, 7) is 8.11. The van der Waals surface area contributed by atoms with Crippen LogP contribution in [0.1, 0.15) is 6.42 Å². The third-order valence-corrected chi connectivity index (χ3v) is 5.01. The third kappa shape index (κ3) is 0.919. The van der Waals surface area contributed by atoms with Gasteiger partial charge < -0.3 is 0 Å². The standard InChI is InChI=1S/C9H10Br2/c1-4-5(2)8-7(10)3-6(4)9(8)11/h6-9H,1-3H2/t6-,7+,8-,9-/m0/s1. The van der Waals surface area contributed by atoms with Gasteiger partial charge in [0.2, 0.25) is 0 Å². The van der Waals surface area contributed by atoms with E-state index in [4.69, 9.17) is 0 Å². The van der Waals surface area contributed by atoms with Crippen molar-refractivity contribution < 1.29 is 0 Å².